The maximum Gasteiger partial charge on any atom is 0.192 e. The van der Waals surface area contributed by atoms with Crippen molar-refractivity contribution in [3.8, 4) is 11.3 Å². The number of guanidine groups is 1. The third kappa shape index (κ3) is 6.09. The molecule has 1 aliphatic rings. The average molecular weight is 489 g/mol. The summed E-state index contributed by atoms with van der Waals surface area (Å²) in [6.07, 6.45) is 5.68. The van der Waals surface area contributed by atoms with E-state index in [1.165, 1.54) is 29.2 Å². The Hall–Kier alpha value is -2.87. The number of hydrogen-bond acceptors (Lipinski definition) is 10. The molecular weight excluding hydrogens is 464 g/mol. The van der Waals surface area contributed by atoms with Crippen molar-refractivity contribution in [2.75, 3.05) is 23.0 Å². The van der Waals surface area contributed by atoms with E-state index in [4.69, 9.17) is 11.1 Å². The van der Waals surface area contributed by atoms with Crippen molar-refractivity contribution >= 4 is 52.0 Å². The number of H-pyrrole nitrogens is 1. The minimum absolute atomic E-state index is 0.121. The number of thioether (sulfide) groups is 1. The van der Waals surface area contributed by atoms with Gasteiger partial charge in [-0.2, -0.15) is 11.8 Å². The topological polar surface area (TPSA) is 134 Å². The number of aromatic nitrogens is 3. The fourth-order valence-corrected chi connectivity index (χ4v) is 5.11. The second-order valence-electron chi connectivity index (χ2n) is 6.73. The SMILES string of the molecule is Cc1nc[nH]c1CSCCNN1C=CN(Nc2cccc(-c3csc(NC(=N)N)n3)c2)S1. The first kappa shape index (κ1) is 22.3. The lowest BCUT2D eigenvalue weighted by molar-refractivity contribution is 0.473. The number of aromatic amines is 1. The Bertz CT molecular complexity index is 1080. The van der Waals surface area contributed by atoms with Gasteiger partial charge in [-0.15, -0.1) is 11.3 Å². The number of benzene rings is 1. The summed E-state index contributed by atoms with van der Waals surface area (Å²) in [6.45, 7) is 2.88. The number of thiazole rings is 1. The van der Waals surface area contributed by atoms with Gasteiger partial charge in [-0.05, 0) is 19.1 Å². The first-order valence-electron chi connectivity index (χ1n) is 9.75. The molecule has 7 N–H and O–H groups in total. The van der Waals surface area contributed by atoms with Gasteiger partial charge in [0.1, 0.15) is 12.1 Å². The summed E-state index contributed by atoms with van der Waals surface area (Å²) in [4.78, 5) is 11.9. The fraction of sp³-hybridized carbons (Fsp3) is 0.211. The second kappa shape index (κ2) is 10.6. The highest BCUT2D eigenvalue weighted by Crippen LogP contribution is 2.29. The van der Waals surface area contributed by atoms with Crippen LogP contribution in [0.4, 0.5) is 10.8 Å². The molecule has 3 heterocycles. The fourth-order valence-electron chi connectivity index (χ4n) is 2.80. The number of hydrazine groups is 2. The van der Waals surface area contributed by atoms with Crippen molar-refractivity contribution in [1.82, 2.24) is 29.2 Å². The molecule has 0 bridgehead atoms. The highest BCUT2D eigenvalue weighted by atomic mass is 32.2. The van der Waals surface area contributed by atoms with Crippen LogP contribution in [0.1, 0.15) is 11.4 Å². The third-order valence-electron chi connectivity index (χ3n) is 4.35. The van der Waals surface area contributed by atoms with Gasteiger partial charge in [0.15, 0.2) is 11.1 Å². The van der Waals surface area contributed by atoms with E-state index < -0.39 is 0 Å². The van der Waals surface area contributed by atoms with Gasteiger partial charge in [0.25, 0.3) is 0 Å². The summed E-state index contributed by atoms with van der Waals surface area (Å²) in [7, 11) is 0. The Kier molecular flexibility index (Phi) is 7.42. The van der Waals surface area contributed by atoms with E-state index in [9.17, 15) is 0 Å². The molecule has 1 aromatic carbocycles. The molecule has 0 fully saturated rings. The molecule has 10 nitrogen and oxygen atoms in total. The molecule has 0 amide bonds. The second-order valence-corrected chi connectivity index (χ2v) is 9.64. The van der Waals surface area contributed by atoms with Gasteiger partial charge in [0.2, 0.25) is 0 Å². The van der Waals surface area contributed by atoms with E-state index in [-0.39, 0.29) is 5.96 Å². The van der Waals surface area contributed by atoms with Crippen LogP contribution in [0.2, 0.25) is 0 Å². The predicted octanol–water partition coefficient (Wildman–Crippen LogP) is 3.56. The molecule has 13 heteroatoms. The van der Waals surface area contributed by atoms with Crippen molar-refractivity contribution in [2.45, 2.75) is 12.7 Å². The summed E-state index contributed by atoms with van der Waals surface area (Å²) < 4.78 is 3.90. The summed E-state index contributed by atoms with van der Waals surface area (Å²) in [5.74, 6) is 1.81. The summed E-state index contributed by atoms with van der Waals surface area (Å²) >= 11 is 4.80. The number of nitrogens with zero attached hydrogens (tertiary/aromatic N) is 4. The molecule has 0 spiro atoms. The highest BCUT2D eigenvalue weighted by Gasteiger charge is 2.14. The third-order valence-corrected chi connectivity index (χ3v) is 6.91. The molecule has 168 valence electrons. The van der Waals surface area contributed by atoms with Crippen LogP contribution in [0.25, 0.3) is 11.3 Å². The van der Waals surface area contributed by atoms with Gasteiger partial charge >= 0.3 is 0 Å². The zero-order valence-corrected chi connectivity index (χ0v) is 19.8. The number of rotatable bonds is 10. The van der Waals surface area contributed by atoms with Crippen LogP contribution in [0.3, 0.4) is 0 Å². The Balaban J connectivity index is 1.21. The zero-order valence-electron chi connectivity index (χ0n) is 17.3. The minimum atomic E-state index is -0.121. The largest absolute Gasteiger partial charge is 0.370 e. The first-order valence-corrected chi connectivity index (χ1v) is 12.5. The van der Waals surface area contributed by atoms with Crippen LogP contribution >= 0.6 is 35.2 Å². The van der Waals surface area contributed by atoms with Crippen LogP contribution < -0.4 is 21.9 Å². The number of imidazole rings is 1. The Labute approximate surface area is 198 Å². The number of aryl methyl sites for hydroxylation is 1. The van der Waals surface area contributed by atoms with Gasteiger partial charge in [-0.3, -0.25) is 10.8 Å². The van der Waals surface area contributed by atoms with Gasteiger partial charge in [-0.1, -0.05) is 12.1 Å². The first-order chi connectivity index (χ1) is 15.6. The molecular formula is C19H24N10S3. The van der Waals surface area contributed by atoms with Crippen molar-refractivity contribution in [1.29, 1.82) is 5.41 Å². The van der Waals surface area contributed by atoms with Gasteiger partial charge in [-0.25, -0.2) is 24.2 Å². The average Bonchev–Trinajstić information content (AvgIpc) is 3.50. The molecule has 2 aromatic heterocycles. The van der Waals surface area contributed by atoms with E-state index in [2.05, 4.69) is 31.1 Å². The van der Waals surface area contributed by atoms with E-state index in [1.54, 1.807) is 6.33 Å². The van der Waals surface area contributed by atoms with Crippen LogP contribution in [0.5, 0.6) is 0 Å². The van der Waals surface area contributed by atoms with Crippen molar-refractivity contribution in [3.63, 3.8) is 0 Å². The maximum atomic E-state index is 7.32. The Morgan fingerprint density at radius 2 is 2.19 bits per heavy atom. The summed E-state index contributed by atoms with van der Waals surface area (Å²) in [5.41, 5.74) is 17.1. The van der Waals surface area contributed by atoms with E-state index >= 15 is 0 Å². The lowest BCUT2D eigenvalue weighted by atomic mass is 10.1. The van der Waals surface area contributed by atoms with E-state index in [0.717, 1.165) is 40.7 Å². The van der Waals surface area contributed by atoms with Gasteiger partial charge in [0.05, 0.1) is 29.6 Å². The zero-order chi connectivity index (χ0) is 22.3. The molecule has 0 atom stereocenters. The summed E-state index contributed by atoms with van der Waals surface area (Å²) in [6, 6.07) is 8.02. The molecule has 1 aliphatic heterocycles. The van der Waals surface area contributed by atoms with E-state index in [0.29, 0.717) is 5.13 Å². The van der Waals surface area contributed by atoms with Crippen LogP contribution in [-0.4, -0.2) is 42.0 Å². The van der Waals surface area contributed by atoms with Crippen molar-refractivity contribution in [3.05, 3.63) is 59.8 Å². The maximum absolute atomic E-state index is 7.32. The molecule has 0 saturated heterocycles. The molecule has 3 aromatic rings. The molecule has 0 radical (unpaired) electrons. The number of nitrogens with two attached hydrogens (primary N) is 1. The Morgan fingerprint density at radius 1 is 1.31 bits per heavy atom. The molecule has 0 saturated carbocycles. The van der Waals surface area contributed by atoms with Gasteiger partial charge in [0, 0.05) is 40.9 Å². The van der Waals surface area contributed by atoms with Gasteiger partial charge < -0.3 is 16.0 Å². The minimum Gasteiger partial charge on any atom is -0.370 e. The molecule has 0 unspecified atom stereocenters. The van der Waals surface area contributed by atoms with Crippen LogP contribution in [-0.2, 0) is 5.75 Å². The highest BCUT2D eigenvalue weighted by molar-refractivity contribution is 7.98. The summed E-state index contributed by atoms with van der Waals surface area (Å²) in [5, 5.41) is 12.6. The van der Waals surface area contributed by atoms with Crippen molar-refractivity contribution < 1.29 is 0 Å². The monoisotopic (exact) mass is 488 g/mol. The number of hydrogen-bond donors (Lipinski definition) is 6. The van der Waals surface area contributed by atoms with Crippen LogP contribution in [0.15, 0.2) is 48.4 Å². The lowest BCUT2D eigenvalue weighted by Crippen LogP contribution is -2.30. The molecule has 4 rings (SSSR count). The normalized spacial score (nSPS) is 13.0. The number of anilines is 2. The van der Waals surface area contributed by atoms with Crippen molar-refractivity contribution in [2.24, 2.45) is 5.73 Å². The molecule has 32 heavy (non-hydrogen) atoms. The number of nitrogens with one attached hydrogen (secondary N) is 5. The predicted molar refractivity (Wildman–Crippen MR) is 135 cm³/mol. The Morgan fingerprint density at radius 3 is 3.00 bits per heavy atom. The van der Waals surface area contributed by atoms with E-state index in [1.807, 2.05) is 69.6 Å². The lowest BCUT2D eigenvalue weighted by Gasteiger charge is -2.21. The smallest absolute Gasteiger partial charge is 0.192 e. The van der Waals surface area contributed by atoms with Crippen LogP contribution in [0, 0.1) is 12.3 Å². The molecule has 0 aliphatic carbocycles. The quantitative estimate of drug-likeness (QED) is 0.109. The standard InChI is InChI=1S/C19H24N10S3/c1-13-16(23-12-22-13)10-30-8-5-24-28-6-7-29(32-28)27-15-4-2-3-14(9-15)17-11-31-19(25-17)26-18(20)21/h2-4,6-7,9,11-12,24,27H,5,8,10H2,1H3,(H,22,23)(H4,20,21,25,26).